The summed E-state index contributed by atoms with van der Waals surface area (Å²) in [7, 11) is 0. The van der Waals surface area contributed by atoms with Crippen molar-refractivity contribution in [3.05, 3.63) is 35.4 Å². The number of aliphatic hydroxyl groups is 1. The van der Waals surface area contributed by atoms with Gasteiger partial charge in [-0.2, -0.15) is 0 Å². The molecule has 27 heavy (non-hydrogen) atoms. The summed E-state index contributed by atoms with van der Waals surface area (Å²) in [5.74, 6) is 1.30. The summed E-state index contributed by atoms with van der Waals surface area (Å²) in [6.07, 6.45) is 5.09. The van der Waals surface area contributed by atoms with Crippen LogP contribution in [0.2, 0.25) is 0 Å². The molecule has 1 amide bonds. The molecule has 4 nitrogen and oxygen atoms in total. The number of aliphatic hydroxyl groups excluding tert-OH is 1. The largest absolute Gasteiger partial charge is 0.394 e. The van der Waals surface area contributed by atoms with Crippen LogP contribution in [-0.2, 0) is 16.1 Å². The normalized spacial score (nSPS) is 32.6. The Balaban J connectivity index is 1.65. The molecular weight excluding hydrogens is 338 g/mol. The first-order valence-electron chi connectivity index (χ1n) is 10.5. The predicted molar refractivity (Wildman–Crippen MR) is 104 cm³/mol. The van der Waals surface area contributed by atoms with Gasteiger partial charge in [0, 0.05) is 18.4 Å². The molecule has 0 heterocycles. The molecule has 1 N–H and O–H groups in total. The van der Waals surface area contributed by atoms with Crippen LogP contribution in [0.15, 0.2) is 24.3 Å². The van der Waals surface area contributed by atoms with Gasteiger partial charge in [-0.25, -0.2) is 0 Å². The Kier molecular flexibility index (Phi) is 4.87. The highest BCUT2D eigenvalue weighted by Gasteiger charge is 2.59. The molecule has 4 aliphatic rings. The van der Waals surface area contributed by atoms with Crippen LogP contribution in [0.5, 0.6) is 0 Å². The van der Waals surface area contributed by atoms with Crippen molar-refractivity contribution in [2.45, 2.75) is 65.0 Å². The Morgan fingerprint density at radius 1 is 1.22 bits per heavy atom. The van der Waals surface area contributed by atoms with Gasteiger partial charge in [0.25, 0.3) is 0 Å². The minimum Gasteiger partial charge on any atom is -0.394 e. The fourth-order valence-corrected chi connectivity index (χ4v) is 6.10. The molecule has 5 rings (SSSR count). The lowest BCUT2D eigenvalue weighted by molar-refractivity contribution is -0.167. The van der Waals surface area contributed by atoms with E-state index in [1.165, 1.54) is 5.56 Å². The summed E-state index contributed by atoms with van der Waals surface area (Å²) in [4.78, 5) is 28.3. The lowest BCUT2D eigenvalue weighted by Gasteiger charge is -2.56. The first-order valence-corrected chi connectivity index (χ1v) is 10.5. The van der Waals surface area contributed by atoms with E-state index in [1.54, 1.807) is 0 Å². The summed E-state index contributed by atoms with van der Waals surface area (Å²) >= 11 is 0. The van der Waals surface area contributed by atoms with Gasteiger partial charge in [0.1, 0.15) is 5.78 Å². The number of ketones is 1. The predicted octanol–water partition coefficient (Wildman–Crippen LogP) is 3.49. The quantitative estimate of drug-likeness (QED) is 0.835. The lowest BCUT2D eigenvalue weighted by atomic mass is 9.48. The molecule has 4 fully saturated rings. The molecule has 0 saturated heterocycles. The van der Waals surface area contributed by atoms with Gasteiger partial charge < -0.3 is 10.0 Å². The third-order valence-electron chi connectivity index (χ3n) is 7.43. The maximum Gasteiger partial charge on any atom is 0.229 e. The van der Waals surface area contributed by atoms with E-state index >= 15 is 0 Å². The van der Waals surface area contributed by atoms with Gasteiger partial charge in [0.2, 0.25) is 5.91 Å². The first kappa shape index (κ1) is 18.7. The second-order valence-electron chi connectivity index (χ2n) is 9.13. The molecule has 4 heteroatoms. The molecule has 0 radical (unpaired) electrons. The van der Waals surface area contributed by atoms with Crippen molar-refractivity contribution in [1.29, 1.82) is 0 Å². The molecule has 1 aromatic carbocycles. The number of amides is 1. The fraction of sp³-hybridized carbons (Fsp3) is 0.652. The second kappa shape index (κ2) is 7.05. The number of hydrogen-bond donors (Lipinski definition) is 1. The first-order chi connectivity index (χ1) is 13.0. The number of aryl methyl sites for hydroxylation is 1. The number of nitrogens with zero attached hydrogens (tertiary/aromatic N) is 1. The van der Waals surface area contributed by atoms with Gasteiger partial charge in [-0.05, 0) is 62.5 Å². The monoisotopic (exact) mass is 369 g/mol. The van der Waals surface area contributed by atoms with Crippen LogP contribution in [0.25, 0.3) is 0 Å². The van der Waals surface area contributed by atoms with Crippen LogP contribution in [0.1, 0.15) is 56.6 Å². The Morgan fingerprint density at radius 2 is 1.89 bits per heavy atom. The van der Waals surface area contributed by atoms with Crippen molar-refractivity contribution in [1.82, 2.24) is 4.90 Å². The maximum atomic E-state index is 13.9. The van der Waals surface area contributed by atoms with Crippen molar-refractivity contribution >= 4 is 11.7 Å². The zero-order chi connectivity index (χ0) is 19.2. The highest BCUT2D eigenvalue weighted by Crippen LogP contribution is 2.59. The van der Waals surface area contributed by atoms with E-state index in [4.69, 9.17) is 0 Å². The number of carbonyl (C=O) groups excluding carboxylic acids is 2. The number of Topliss-reactive ketones (excluding diaryl/α,β-unsaturated/α-hetero) is 1. The molecule has 146 valence electrons. The van der Waals surface area contributed by atoms with Crippen LogP contribution >= 0.6 is 0 Å². The molecule has 1 aromatic rings. The second-order valence-corrected chi connectivity index (χ2v) is 9.13. The van der Waals surface area contributed by atoms with E-state index < -0.39 is 0 Å². The van der Waals surface area contributed by atoms with Gasteiger partial charge in [0.15, 0.2) is 0 Å². The molecule has 0 spiro atoms. The molecular formula is C23H31NO3. The zero-order valence-electron chi connectivity index (χ0n) is 16.5. The standard InChI is InChI=1S/C23H31NO3/c1-3-20(14-25)24(13-17-7-5-4-6-15(17)2)22(27)23-10-16-8-18(11-23)21(26)19(9-16)12-23/h4-7,16,18-20,25H,3,8-14H2,1-2H3. The highest BCUT2D eigenvalue weighted by molar-refractivity contribution is 5.91. The van der Waals surface area contributed by atoms with Crippen LogP contribution in [0.3, 0.4) is 0 Å². The molecule has 4 bridgehead atoms. The molecule has 0 aromatic heterocycles. The average Bonchev–Trinajstić information content (AvgIpc) is 2.66. The molecule has 3 unspecified atom stereocenters. The summed E-state index contributed by atoms with van der Waals surface area (Å²) in [6, 6.07) is 8.00. The smallest absolute Gasteiger partial charge is 0.229 e. The van der Waals surface area contributed by atoms with Crippen molar-refractivity contribution in [2.24, 2.45) is 23.2 Å². The van der Waals surface area contributed by atoms with Crippen LogP contribution < -0.4 is 0 Å². The third kappa shape index (κ3) is 3.12. The van der Waals surface area contributed by atoms with Crippen LogP contribution in [0.4, 0.5) is 0 Å². The SMILES string of the molecule is CCC(CO)N(Cc1ccccc1C)C(=O)C12CC3CC(C1)C(=O)C(C3)C2. The summed E-state index contributed by atoms with van der Waals surface area (Å²) in [5.41, 5.74) is 1.93. The van der Waals surface area contributed by atoms with E-state index in [9.17, 15) is 14.7 Å². The van der Waals surface area contributed by atoms with Gasteiger partial charge in [-0.1, -0.05) is 31.2 Å². The summed E-state index contributed by atoms with van der Waals surface area (Å²) < 4.78 is 0. The molecule has 3 atom stereocenters. The van der Waals surface area contributed by atoms with Gasteiger partial charge >= 0.3 is 0 Å². The highest BCUT2D eigenvalue weighted by atomic mass is 16.3. The van der Waals surface area contributed by atoms with Crippen LogP contribution in [-0.4, -0.2) is 34.3 Å². The third-order valence-corrected chi connectivity index (χ3v) is 7.43. The maximum absolute atomic E-state index is 13.9. The fourth-order valence-electron chi connectivity index (χ4n) is 6.10. The molecule has 4 aliphatic carbocycles. The Labute approximate surface area is 161 Å². The number of rotatable bonds is 6. The van der Waals surface area contributed by atoms with Crippen molar-refractivity contribution in [2.75, 3.05) is 6.61 Å². The average molecular weight is 370 g/mol. The minimum atomic E-state index is -0.379. The van der Waals surface area contributed by atoms with E-state index in [0.717, 1.165) is 44.1 Å². The van der Waals surface area contributed by atoms with Crippen molar-refractivity contribution in [3.63, 3.8) is 0 Å². The topological polar surface area (TPSA) is 57.6 Å². The van der Waals surface area contributed by atoms with Crippen LogP contribution in [0, 0.1) is 30.1 Å². The van der Waals surface area contributed by atoms with E-state index in [0.29, 0.717) is 18.2 Å². The number of benzene rings is 1. The Morgan fingerprint density at radius 3 is 2.48 bits per heavy atom. The number of carbonyl (C=O) groups is 2. The van der Waals surface area contributed by atoms with E-state index in [-0.39, 0.29) is 35.8 Å². The van der Waals surface area contributed by atoms with Gasteiger partial charge in [0.05, 0.1) is 18.1 Å². The number of hydrogen-bond acceptors (Lipinski definition) is 3. The van der Waals surface area contributed by atoms with Gasteiger partial charge in [-0.3, -0.25) is 9.59 Å². The summed E-state index contributed by atoms with van der Waals surface area (Å²) in [6.45, 7) is 4.63. The Bertz CT molecular complexity index is 721. The minimum absolute atomic E-state index is 0.0145. The zero-order valence-corrected chi connectivity index (χ0v) is 16.5. The van der Waals surface area contributed by atoms with E-state index in [2.05, 4.69) is 19.1 Å². The Hall–Kier alpha value is -1.68. The van der Waals surface area contributed by atoms with Gasteiger partial charge in [-0.15, -0.1) is 0 Å². The van der Waals surface area contributed by atoms with Crippen molar-refractivity contribution < 1.29 is 14.7 Å². The molecule has 0 aliphatic heterocycles. The van der Waals surface area contributed by atoms with E-state index in [1.807, 2.05) is 24.0 Å². The summed E-state index contributed by atoms with van der Waals surface area (Å²) in [5, 5.41) is 9.97. The molecule has 4 saturated carbocycles. The van der Waals surface area contributed by atoms with Crippen molar-refractivity contribution in [3.8, 4) is 0 Å². The lowest BCUT2D eigenvalue weighted by Crippen LogP contribution is -2.59.